The monoisotopic (exact) mass is 256 g/mol. The maximum Gasteiger partial charge on any atom is 0.322 e. The number of carboxylic acid groups (broad SMARTS) is 1. The Kier molecular flexibility index (Phi) is 4.59. The van der Waals surface area contributed by atoms with Crippen LogP contribution in [0.2, 0.25) is 0 Å². The van der Waals surface area contributed by atoms with E-state index in [1.807, 2.05) is 6.92 Å². The van der Waals surface area contributed by atoms with Crippen molar-refractivity contribution in [1.82, 2.24) is 10.2 Å². The predicted molar refractivity (Wildman–Crippen MR) is 68.6 cm³/mol. The van der Waals surface area contributed by atoms with Crippen molar-refractivity contribution in [2.45, 2.75) is 32.2 Å². The van der Waals surface area contributed by atoms with Crippen molar-refractivity contribution in [3.05, 3.63) is 0 Å². The molecule has 0 aromatic heterocycles. The Morgan fingerprint density at radius 1 is 1.44 bits per heavy atom. The number of hydrogen-bond acceptors (Lipinski definition) is 4. The zero-order valence-electron chi connectivity index (χ0n) is 11.2. The molecule has 2 rings (SSSR count). The summed E-state index contributed by atoms with van der Waals surface area (Å²) in [6, 6.07) is -0.440. The van der Waals surface area contributed by atoms with Gasteiger partial charge in [-0.25, -0.2) is 0 Å². The standard InChI is InChI=1S/C13H24N2O3/c1-2-14-11(12(16)17)9-15-6-3-13(10-15)4-7-18-8-5-13/h11,14H,2-10H2,1H3,(H,16,17). The Balaban J connectivity index is 1.86. The van der Waals surface area contributed by atoms with Crippen molar-refractivity contribution < 1.29 is 14.6 Å². The zero-order chi connectivity index (χ0) is 13.0. The minimum absolute atomic E-state index is 0.396. The molecule has 1 unspecified atom stereocenters. The molecule has 2 fully saturated rings. The molecule has 0 aliphatic carbocycles. The lowest BCUT2D eigenvalue weighted by Crippen LogP contribution is -2.46. The van der Waals surface area contributed by atoms with Crippen LogP contribution in [0.15, 0.2) is 0 Å². The summed E-state index contributed by atoms with van der Waals surface area (Å²) in [6.07, 6.45) is 3.44. The molecule has 0 amide bonds. The van der Waals surface area contributed by atoms with Crippen LogP contribution in [0, 0.1) is 5.41 Å². The van der Waals surface area contributed by atoms with Crippen LogP contribution >= 0.6 is 0 Å². The van der Waals surface area contributed by atoms with Crippen LogP contribution < -0.4 is 5.32 Å². The van der Waals surface area contributed by atoms with Crippen LogP contribution in [0.4, 0.5) is 0 Å². The average molecular weight is 256 g/mol. The van der Waals surface area contributed by atoms with E-state index in [9.17, 15) is 4.79 Å². The Labute approximate surface area is 108 Å². The third kappa shape index (κ3) is 3.22. The quantitative estimate of drug-likeness (QED) is 0.752. The summed E-state index contributed by atoms with van der Waals surface area (Å²) in [4.78, 5) is 13.4. The molecular weight excluding hydrogens is 232 g/mol. The van der Waals surface area contributed by atoms with E-state index < -0.39 is 12.0 Å². The number of carbonyl (C=O) groups is 1. The highest BCUT2D eigenvalue weighted by atomic mass is 16.5. The van der Waals surface area contributed by atoms with Crippen molar-refractivity contribution in [1.29, 1.82) is 0 Å². The van der Waals surface area contributed by atoms with Crippen LogP contribution in [0.5, 0.6) is 0 Å². The van der Waals surface area contributed by atoms with Gasteiger partial charge < -0.3 is 20.1 Å². The molecule has 0 aromatic carbocycles. The van der Waals surface area contributed by atoms with Crippen LogP contribution in [0.3, 0.4) is 0 Å². The molecule has 0 radical (unpaired) electrons. The molecule has 104 valence electrons. The van der Waals surface area contributed by atoms with E-state index in [4.69, 9.17) is 9.84 Å². The molecule has 2 saturated heterocycles. The van der Waals surface area contributed by atoms with E-state index in [0.29, 0.717) is 18.5 Å². The molecule has 1 atom stereocenters. The summed E-state index contributed by atoms with van der Waals surface area (Å²) < 4.78 is 5.42. The molecule has 0 saturated carbocycles. The number of rotatable bonds is 5. The van der Waals surface area contributed by atoms with Crippen molar-refractivity contribution in [3.63, 3.8) is 0 Å². The van der Waals surface area contributed by atoms with Gasteiger partial charge in [-0.15, -0.1) is 0 Å². The molecule has 18 heavy (non-hydrogen) atoms. The van der Waals surface area contributed by atoms with E-state index in [-0.39, 0.29) is 0 Å². The number of carboxylic acids is 1. The van der Waals surface area contributed by atoms with E-state index in [0.717, 1.165) is 39.1 Å². The Hall–Kier alpha value is -0.650. The highest BCUT2D eigenvalue weighted by molar-refractivity contribution is 5.73. The van der Waals surface area contributed by atoms with Gasteiger partial charge in [0.1, 0.15) is 6.04 Å². The second-order valence-electron chi connectivity index (χ2n) is 5.55. The molecule has 1 spiro atoms. The van der Waals surface area contributed by atoms with Crippen molar-refractivity contribution in [3.8, 4) is 0 Å². The molecule has 2 aliphatic rings. The van der Waals surface area contributed by atoms with Gasteiger partial charge >= 0.3 is 5.97 Å². The van der Waals surface area contributed by atoms with Crippen molar-refractivity contribution in [2.24, 2.45) is 5.41 Å². The lowest BCUT2D eigenvalue weighted by Gasteiger charge is -2.33. The van der Waals surface area contributed by atoms with Crippen LogP contribution in [0.25, 0.3) is 0 Å². The largest absolute Gasteiger partial charge is 0.480 e. The fraction of sp³-hybridized carbons (Fsp3) is 0.923. The lowest BCUT2D eigenvalue weighted by molar-refractivity contribution is -0.140. The van der Waals surface area contributed by atoms with Crippen LogP contribution in [0.1, 0.15) is 26.2 Å². The number of likely N-dealkylation sites (tertiary alicyclic amines) is 1. The Bertz CT molecular complexity index is 290. The third-order valence-corrected chi connectivity index (χ3v) is 4.26. The zero-order valence-corrected chi connectivity index (χ0v) is 11.2. The van der Waals surface area contributed by atoms with Crippen LogP contribution in [-0.4, -0.2) is 61.4 Å². The first-order chi connectivity index (χ1) is 8.65. The van der Waals surface area contributed by atoms with Gasteiger partial charge in [0.2, 0.25) is 0 Å². The SMILES string of the molecule is CCNC(CN1CCC2(CCOCC2)C1)C(=O)O. The molecular formula is C13H24N2O3. The maximum absolute atomic E-state index is 11.1. The Morgan fingerprint density at radius 2 is 2.17 bits per heavy atom. The number of nitrogens with one attached hydrogen (secondary N) is 1. The summed E-state index contributed by atoms with van der Waals surface area (Å²) >= 11 is 0. The minimum Gasteiger partial charge on any atom is -0.480 e. The van der Waals surface area contributed by atoms with E-state index in [1.54, 1.807) is 0 Å². The van der Waals surface area contributed by atoms with Gasteiger partial charge in [-0.1, -0.05) is 6.92 Å². The number of nitrogens with zero attached hydrogens (tertiary/aromatic N) is 1. The fourth-order valence-corrected chi connectivity index (χ4v) is 3.13. The van der Waals surface area contributed by atoms with Crippen LogP contribution in [-0.2, 0) is 9.53 Å². The van der Waals surface area contributed by atoms with E-state index in [2.05, 4.69) is 10.2 Å². The first kappa shape index (κ1) is 13.8. The molecule has 0 aromatic rings. The second-order valence-corrected chi connectivity index (χ2v) is 5.55. The van der Waals surface area contributed by atoms with Crippen molar-refractivity contribution >= 4 is 5.97 Å². The Morgan fingerprint density at radius 3 is 2.78 bits per heavy atom. The van der Waals surface area contributed by atoms with Gasteiger partial charge in [-0.2, -0.15) is 0 Å². The molecule has 2 aliphatic heterocycles. The number of hydrogen-bond donors (Lipinski definition) is 2. The normalized spacial score (nSPS) is 25.4. The third-order valence-electron chi connectivity index (χ3n) is 4.26. The number of ether oxygens (including phenoxy) is 1. The van der Waals surface area contributed by atoms with E-state index in [1.165, 1.54) is 6.42 Å². The predicted octanol–water partition coefficient (Wildman–Crippen LogP) is 0.552. The van der Waals surface area contributed by atoms with Gasteiger partial charge in [-0.05, 0) is 37.8 Å². The summed E-state index contributed by atoms with van der Waals surface area (Å²) in [6.45, 7) is 7.04. The average Bonchev–Trinajstić information content (AvgIpc) is 2.72. The molecule has 2 heterocycles. The second kappa shape index (κ2) is 5.99. The van der Waals surface area contributed by atoms with Gasteiger partial charge in [0.15, 0.2) is 0 Å². The summed E-state index contributed by atoms with van der Waals surface area (Å²) in [5, 5.41) is 12.2. The van der Waals surface area contributed by atoms with Gasteiger partial charge in [-0.3, -0.25) is 4.79 Å². The summed E-state index contributed by atoms with van der Waals surface area (Å²) in [5.41, 5.74) is 0.396. The topological polar surface area (TPSA) is 61.8 Å². The van der Waals surface area contributed by atoms with E-state index >= 15 is 0 Å². The summed E-state index contributed by atoms with van der Waals surface area (Å²) in [7, 11) is 0. The lowest BCUT2D eigenvalue weighted by atomic mass is 9.80. The maximum atomic E-state index is 11.1. The minimum atomic E-state index is -0.746. The van der Waals surface area contributed by atoms with Gasteiger partial charge in [0.05, 0.1) is 0 Å². The molecule has 5 nitrogen and oxygen atoms in total. The molecule has 0 bridgehead atoms. The van der Waals surface area contributed by atoms with Crippen molar-refractivity contribution in [2.75, 3.05) is 39.4 Å². The molecule has 2 N–H and O–H groups in total. The fourth-order valence-electron chi connectivity index (χ4n) is 3.13. The first-order valence-corrected chi connectivity index (χ1v) is 6.91. The van der Waals surface area contributed by atoms with Gasteiger partial charge in [0.25, 0.3) is 0 Å². The summed E-state index contributed by atoms with van der Waals surface area (Å²) in [5.74, 6) is -0.746. The van der Waals surface area contributed by atoms with Gasteiger partial charge in [0, 0.05) is 26.3 Å². The number of likely N-dealkylation sites (N-methyl/N-ethyl adjacent to an activating group) is 1. The molecule has 5 heteroatoms. The highest BCUT2D eigenvalue weighted by Gasteiger charge is 2.40. The highest BCUT2D eigenvalue weighted by Crippen LogP contribution is 2.39. The first-order valence-electron chi connectivity index (χ1n) is 6.91. The smallest absolute Gasteiger partial charge is 0.322 e. The number of aliphatic carboxylic acids is 1.